The van der Waals surface area contributed by atoms with E-state index >= 15 is 0 Å². The molecule has 3 aliphatic heterocycles. The Labute approximate surface area is 172 Å². The molecule has 2 bridgehead atoms. The molecule has 0 aromatic carbocycles. The summed E-state index contributed by atoms with van der Waals surface area (Å²) in [5.74, 6) is 2.59. The quantitative estimate of drug-likeness (QED) is 0.766. The predicted molar refractivity (Wildman–Crippen MR) is 112 cm³/mol. The van der Waals surface area contributed by atoms with Crippen molar-refractivity contribution in [2.24, 2.45) is 5.92 Å². The lowest BCUT2D eigenvalue weighted by atomic mass is 9.78. The number of aromatic nitrogens is 2. The lowest BCUT2D eigenvalue weighted by Crippen LogP contribution is -2.54. The fourth-order valence-electron chi connectivity index (χ4n) is 5.01. The van der Waals surface area contributed by atoms with Crippen molar-refractivity contribution in [3.8, 4) is 0 Å². The summed E-state index contributed by atoms with van der Waals surface area (Å²) in [5, 5.41) is 2.09. The summed E-state index contributed by atoms with van der Waals surface area (Å²) < 4.78 is 6.04. The lowest BCUT2D eigenvalue weighted by molar-refractivity contribution is -0.138. The van der Waals surface area contributed by atoms with Crippen LogP contribution in [0.5, 0.6) is 0 Å². The molecule has 0 N–H and O–H groups in total. The third kappa shape index (κ3) is 3.31. The van der Waals surface area contributed by atoms with Gasteiger partial charge in [-0.15, -0.1) is 0 Å². The number of thioether (sulfide) groups is 1. The highest BCUT2D eigenvalue weighted by Crippen LogP contribution is 2.42. The van der Waals surface area contributed by atoms with Gasteiger partial charge in [0.1, 0.15) is 6.04 Å². The van der Waals surface area contributed by atoms with Crippen molar-refractivity contribution >= 4 is 29.2 Å². The van der Waals surface area contributed by atoms with E-state index < -0.39 is 0 Å². The second-order valence-corrected chi connectivity index (χ2v) is 9.84. The Morgan fingerprint density at radius 1 is 1.21 bits per heavy atom. The maximum Gasteiger partial charge on any atom is 0.251 e. The van der Waals surface area contributed by atoms with E-state index in [4.69, 9.17) is 0 Å². The van der Waals surface area contributed by atoms with Crippen molar-refractivity contribution in [2.75, 3.05) is 37.7 Å². The van der Waals surface area contributed by atoms with Gasteiger partial charge in [0.15, 0.2) is 0 Å². The molecule has 2 aromatic heterocycles. The smallest absolute Gasteiger partial charge is 0.251 e. The Morgan fingerprint density at radius 3 is 2.86 bits per heavy atom. The molecule has 8 heteroatoms. The number of amides is 1. The summed E-state index contributed by atoms with van der Waals surface area (Å²) in [4.78, 5) is 30.7. The van der Waals surface area contributed by atoms with Crippen LogP contribution in [-0.2, 0) is 11.3 Å². The molecule has 28 heavy (non-hydrogen) atoms. The Kier molecular flexibility index (Phi) is 5.02. The number of carbonyl (C=O) groups is 1. The normalized spacial score (nSPS) is 27.4. The zero-order chi connectivity index (χ0) is 19.1. The monoisotopic (exact) mass is 416 g/mol. The van der Waals surface area contributed by atoms with Crippen molar-refractivity contribution < 1.29 is 4.79 Å². The number of carbonyl (C=O) groups excluding carboxylic acids is 1. The fourth-order valence-corrected chi connectivity index (χ4v) is 6.44. The van der Waals surface area contributed by atoms with E-state index in [9.17, 15) is 9.59 Å². The summed E-state index contributed by atoms with van der Waals surface area (Å²) in [6.45, 7) is 4.22. The average Bonchev–Trinajstić information content (AvgIpc) is 3.22. The van der Waals surface area contributed by atoms with Crippen molar-refractivity contribution in [1.29, 1.82) is 0 Å². The van der Waals surface area contributed by atoms with Crippen molar-refractivity contribution in [3.05, 3.63) is 51.4 Å². The predicted octanol–water partition coefficient (Wildman–Crippen LogP) is 2.04. The molecule has 5 heterocycles. The van der Waals surface area contributed by atoms with Crippen LogP contribution in [0.4, 0.5) is 0 Å². The molecule has 0 saturated carbocycles. The van der Waals surface area contributed by atoms with E-state index in [2.05, 4.69) is 14.7 Å². The third-order valence-electron chi connectivity index (χ3n) is 6.19. The summed E-state index contributed by atoms with van der Waals surface area (Å²) in [6, 6.07) is 5.12. The Morgan fingerprint density at radius 2 is 2.07 bits per heavy atom. The maximum absolute atomic E-state index is 13.5. The molecule has 148 valence electrons. The number of hydrogen-bond donors (Lipinski definition) is 0. The molecule has 0 radical (unpaired) electrons. The second kappa shape index (κ2) is 7.65. The first-order valence-electron chi connectivity index (χ1n) is 9.89. The number of nitrogens with zero attached hydrogens (tertiary/aromatic N) is 4. The fraction of sp³-hybridized carbons (Fsp3) is 0.550. The highest BCUT2D eigenvalue weighted by molar-refractivity contribution is 7.99. The Bertz CT molecular complexity index is 907. The summed E-state index contributed by atoms with van der Waals surface area (Å²) in [6.07, 6.45) is 2.92. The van der Waals surface area contributed by atoms with Crippen molar-refractivity contribution in [1.82, 2.24) is 18.7 Å². The van der Waals surface area contributed by atoms with E-state index in [-0.39, 0.29) is 23.4 Å². The average molecular weight is 417 g/mol. The summed E-state index contributed by atoms with van der Waals surface area (Å²) in [5.41, 5.74) is 2.22. The van der Waals surface area contributed by atoms with Gasteiger partial charge in [-0.1, -0.05) is 6.07 Å². The minimum atomic E-state index is -0.369. The van der Waals surface area contributed by atoms with Crippen LogP contribution < -0.4 is 5.56 Å². The number of fused-ring (bicyclic) bond motifs is 4. The van der Waals surface area contributed by atoms with Crippen LogP contribution >= 0.6 is 23.3 Å². The van der Waals surface area contributed by atoms with Crippen molar-refractivity contribution in [2.45, 2.75) is 24.9 Å². The van der Waals surface area contributed by atoms with Gasteiger partial charge in [-0.05, 0) is 29.6 Å². The third-order valence-corrected chi connectivity index (χ3v) is 7.77. The number of likely N-dealkylation sites (tertiary alicyclic amines) is 1. The van der Waals surface area contributed by atoms with Crippen molar-refractivity contribution in [3.63, 3.8) is 0 Å². The molecule has 2 saturated heterocycles. The van der Waals surface area contributed by atoms with Gasteiger partial charge in [-0.2, -0.15) is 11.8 Å². The van der Waals surface area contributed by atoms with Gasteiger partial charge in [0, 0.05) is 79.4 Å². The molecule has 0 aliphatic carbocycles. The van der Waals surface area contributed by atoms with Crippen LogP contribution in [0.15, 0.2) is 34.6 Å². The van der Waals surface area contributed by atoms with E-state index in [0.29, 0.717) is 5.92 Å². The lowest BCUT2D eigenvalue weighted by Gasteiger charge is -2.47. The van der Waals surface area contributed by atoms with E-state index in [1.165, 1.54) is 17.1 Å². The van der Waals surface area contributed by atoms with Gasteiger partial charge in [-0.25, -0.2) is 4.37 Å². The van der Waals surface area contributed by atoms with E-state index in [0.717, 1.165) is 56.3 Å². The first-order valence-corrected chi connectivity index (χ1v) is 11.9. The van der Waals surface area contributed by atoms with Gasteiger partial charge in [-0.3, -0.25) is 19.1 Å². The van der Waals surface area contributed by atoms with Gasteiger partial charge in [0.25, 0.3) is 5.56 Å². The topological polar surface area (TPSA) is 58.4 Å². The molecular formula is C20H24N4O2S2. The molecule has 0 unspecified atom stereocenters. The van der Waals surface area contributed by atoms with Crippen LogP contribution in [-0.4, -0.2) is 62.3 Å². The minimum absolute atomic E-state index is 0.0348. The molecular weight excluding hydrogens is 392 g/mol. The van der Waals surface area contributed by atoms with Crippen LogP contribution in [0.1, 0.15) is 29.6 Å². The zero-order valence-corrected chi connectivity index (χ0v) is 17.3. The number of pyridine rings is 1. The minimum Gasteiger partial charge on any atom is -0.339 e. The van der Waals surface area contributed by atoms with Gasteiger partial charge in [0.2, 0.25) is 5.91 Å². The highest BCUT2D eigenvalue weighted by atomic mass is 32.2. The molecule has 6 nitrogen and oxygen atoms in total. The van der Waals surface area contributed by atoms with Gasteiger partial charge < -0.3 is 4.90 Å². The molecule has 3 atom stereocenters. The van der Waals surface area contributed by atoms with Gasteiger partial charge >= 0.3 is 0 Å². The number of piperidine rings is 1. The highest BCUT2D eigenvalue weighted by Gasteiger charge is 2.44. The SMILES string of the molecule is O=C([C@H]1[C@@H]2C[C@@H](CN(Cc3cnsc3)C2)c2cccc(=O)n21)N1CCSCC1. The van der Waals surface area contributed by atoms with Gasteiger partial charge in [0.05, 0.1) is 0 Å². The molecule has 2 aromatic rings. The molecule has 3 aliphatic rings. The zero-order valence-electron chi connectivity index (χ0n) is 15.7. The first-order chi connectivity index (χ1) is 13.7. The summed E-state index contributed by atoms with van der Waals surface area (Å²) >= 11 is 3.38. The Balaban J connectivity index is 1.49. The number of rotatable bonds is 3. The van der Waals surface area contributed by atoms with Crippen LogP contribution in [0.3, 0.4) is 0 Å². The first kappa shape index (κ1) is 18.4. The largest absolute Gasteiger partial charge is 0.339 e. The number of hydrogen-bond acceptors (Lipinski definition) is 6. The standard InChI is InChI=1S/C20H24N4O2S2/c25-18-3-1-2-17-15-8-16(12-22(11-15)10-14-9-21-28-13-14)19(24(17)18)20(26)23-4-6-27-7-5-23/h1-3,9,13,15-16,19H,4-8,10-12H2/t15-,16+,19+/m0/s1. The van der Waals surface area contributed by atoms with E-state index in [1.807, 2.05) is 39.6 Å². The molecule has 1 amide bonds. The second-order valence-electron chi connectivity index (χ2n) is 7.96. The molecule has 2 fully saturated rings. The van der Waals surface area contributed by atoms with E-state index in [1.54, 1.807) is 6.07 Å². The van der Waals surface area contributed by atoms with Crippen LogP contribution in [0.2, 0.25) is 0 Å². The summed E-state index contributed by atoms with van der Waals surface area (Å²) in [7, 11) is 0. The molecule has 0 spiro atoms. The van der Waals surface area contributed by atoms with Crippen LogP contribution in [0, 0.1) is 5.92 Å². The Hall–Kier alpha value is -1.64. The maximum atomic E-state index is 13.5. The molecule has 5 rings (SSSR count). The van der Waals surface area contributed by atoms with Crippen LogP contribution in [0.25, 0.3) is 0 Å².